The highest BCUT2D eigenvalue weighted by Crippen LogP contribution is 1.98. The first-order chi connectivity index (χ1) is 6.11. The molecule has 0 radical (unpaired) electrons. The Hall–Kier alpha value is -1.61. The summed E-state index contributed by atoms with van der Waals surface area (Å²) in [5.41, 5.74) is 2.21. The van der Waals surface area contributed by atoms with E-state index in [9.17, 15) is 13.6 Å². The van der Waals surface area contributed by atoms with E-state index in [0.717, 1.165) is 19.4 Å². The van der Waals surface area contributed by atoms with E-state index < -0.39 is 12.5 Å². The fraction of sp³-hybridized carbons (Fsp3) is 0.250. The minimum Gasteiger partial charge on any atom is -0.465 e. The zero-order chi connectivity index (χ0) is 10.3. The molecular formula is C8H9F2NO2. The second-order valence-corrected chi connectivity index (χ2v) is 1.91. The second-order valence-electron chi connectivity index (χ2n) is 1.91. The molecule has 0 rings (SSSR count). The molecule has 13 heavy (non-hydrogen) atoms. The highest BCUT2D eigenvalue weighted by atomic mass is 19.3. The molecule has 0 atom stereocenters. The molecule has 3 nitrogen and oxygen atoms in total. The number of ether oxygens (including phenoxy) is 1. The van der Waals surface area contributed by atoms with E-state index >= 15 is 0 Å². The Kier molecular flexibility index (Phi) is 5.23. The Morgan fingerprint density at radius 3 is 2.69 bits per heavy atom. The molecule has 0 aromatic rings. The Morgan fingerprint density at radius 1 is 1.69 bits per heavy atom. The third-order valence-corrected chi connectivity index (χ3v) is 1.04. The lowest BCUT2D eigenvalue weighted by Crippen LogP contribution is -2.15. The molecule has 0 heterocycles. The molecule has 0 spiro atoms. The van der Waals surface area contributed by atoms with E-state index in [0.29, 0.717) is 0 Å². The molecule has 72 valence electrons. The van der Waals surface area contributed by atoms with Gasteiger partial charge in [-0.3, -0.25) is 0 Å². The lowest BCUT2D eigenvalue weighted by molar-refractivity contribution is -0.135. The van der Waals surface area contributed by atoms with Crippen LogP contribution in [0.1, 0.15) is 0 Å². The summed E-state index contributed by atoms with van der Waals surface area (Å²) in [4.78, 5) is 10.8. The van der Waals surface area contributed by atoms with Gasteiger partial charge in [0.05, 0.1) is 12.7 Å². The summed E-state index contributed by atoms with van der Waals surface area (Å²) in [5, 5.41) is 1.65. The van der Waals surface area contributed by atoms with Crippen molar-refractivity contribution in [2.75, 3.05) is 7.11 Å². The molecule has 0 aliphatic carbocycles. The molecule has 0 saturated carbocycles. The lowest BCUT2D eigenvalue weighted by Gasteiger charge is -2.00. The monoisotopic (exact) mass is 189 g/mol. The first-order valence-electron chi connectivity index (χ1n) is 3.30. The first-order valence-corrected chi connectivity index (χ1v) is 3.30. The number of alkyl halides is 2. The summed E-state index contributed by atoms with van der Waals surface area (Å²) in [5.74, 6) is -0.732. The van der Waals surface area contributed by atoms with Crippen molar-refractivity contribution in [1.29, 1.82) is 0 Å². The van der Waals surface area contributed by atoms with Gasteiger partial charge in [-0.2, -0.15) is 8.78 Å². The number of esters is 1. The molecule has 0 aromatic carbocycles. The van der Waals surface area contributed by atoms with Crippen LogP contribution in [-0.4, -0.2) is 19.6 Å². The van der Waals surface area contributed by atoms with Crippen molar-refractivity contribution in [1.82, 2.24) is 5.32 Å². The van der Waals surface area contributed by atoms with Gasteiger partial charge in [-0.25, -0.2) is 4.79 Å². The molecule has 0 fully saturated rings. The van der Waals surface area contributed by atoms with E-state index in [1.807, 2.05) is 0 Å². The molecule has 1 N–H and O–H groups in total. The normalized spacial score (nSPS) is 10.6. The summed E-state index contributed by atoms with van der Waals surface area (Å²) in [6.07, 6.45) is 1.98. The van der Waals surface area contributed by atoms with Crippen LogP contribution in [-0.2, 0) is 9.53 Å². The van der Waals surface area contributed by atoms with E-state index in [1.54, 1.807) is 5.32 Å². The molecular weight excluding hydrogens is 180 g/mol. The van der Waals surface area contributed by atoms with Crippen LogP contribution in [0.5, 0.6) is 0 Å². The minimum absolute atomic E-state index is 0.0715. The molecule has 0 aromatic heterocycles. The third-order valence-electron chi connectivity index (χ3n) is 1.04. The zero-order valence-corrected chi connectivity index (χ0v) is 7.01. The Bertz CT molecular complexity index is 255. The summed E-state index contributed by atoms with van der Waals surface area (Å²) in [6, 6.07) is 0. The molecule has 0 aliphatic heterocycles. The van der Waals surface area contributed by atoms with Gasteiger partial charge in [0.25, 0.3) is 0 Å². The third kappa shape index (κ3) is 4.76. The van der Waals surface area contributed by atoms with Gasteiger partial charge in [-0.1, -0.05) is 6.58 Å². The predicted octanol–water partition coefficient (Wildman–Crippen LogP) is 1.20. The van der Waals surface area contributed by atoms with Crippen molar-refractivity contribution in [3.8, 4) is 0 Å². The second kappa shape index (κ2) is 5.97. The van der Waals surface area contributed by atoms with E-state index in [4.69, 9.17) is 0 Å². The highest BCUT2D eigenvalue weighted by molar-refractivity contribution is 5.91. The van der Waals surface area contributed by atoms with Gasteiger partial charge in [0.15, 0.2) is 0 Å². The van der Waals surface area contributed by atoms with Crippen LogP contribution in [0.15, 0.2) is 30.2 Å². The van der Waals surface area contributed by atoms with Crippen molar-refractivity contribution >= 4 is 5.97 Å². The minimum atomic E-state index is -2.72. The fourth-order valence-corrected chi connectivity index (χ4v) is 0.540. The maximum Gasteiger partial charge on any atom is 0.339 e. The average Bonchev–Trinajstić information content (AvgIpc) is 2.10. The van der Waals surface area contributed by atoms with E-state index in [2.05, 4.69) is 17.0 Å². The van der Waals surface area contributed by atoms with E-state index in [-0.39, 0.29) is 5.57 Å². The number of nitrogens with one attached hydrogen (secondary N) is 1. The van der Waals surface area contributed by atoms with Crippen LogP contribution in [0, 0.1) is 0 Å². The molecule has 0 saturated heterocycles. The molecule has 5 heteroatoms. The van der Waals surface area contributed by atoms with Crippen molar-refractivity contribution < 1.29 is 18.3 Å². The number of hydrogen-bond donors (Lipinski definition) is 1. The molecule has 0 bridgehead atoms. The van der Waals surface area contributed by atoms with E-state index in [1.165, 1.54) is 0 Å². The van der Waals surface area contributed by atoms with Crippen molar-refractivity contribution in [3.05, 3.63) is 30.2 Å². The van der Waals surface area contributed by atoms with Crippen molar-refractivity contribution in [3.63, 3.8) is 0 Å². The summed E-state index contributed by atoms with van der Waals surface area (Å²) in [7, 11) is 1.15. The summed E-state index contributed by atoms with van der Waals surface area (Å²) < 4.78 is 27.6. The van der Waals surface area contributed by atoms with Gasteiger partial charge in [-0.15, -0.1) is 5.73 Å². The van der Waals surface area contributed by atoms with Crippen molar-refractivity contribution in [2.24, 2.45) is 0 Å². The average molecular weight is 189 g/mol. The van der Waals surface area contributed by atoms with Crippen LogP contribution in [0.2, 0.25) is 0 Å². The fourth-order valence-electron chi connectivity index (χ4n) is 0.540. The van der Waals surface area contributed by atoms with Gasteiger partial charge in [0, 0.05) is 6.20 Å². The topological polar surface area (TPSA) is 38.3 Å². The molecule has 0 amide bonds. The predicted molar refractivity (Wildman–Crippen MR) is 42.9 cm³/mol. The number of halogens is 2. The maximum absolute atomic E-state index is 11.6. The van der Waals surface area contributed by atoms with Gasteiger partial charge in [-0.05, 0) is 6.08 Å². The summed E-state index contributed by atoms with van der Waals surface area (Å²) >= 11 is 0. The molecule has 0 aliphatic rings. The van der Waals surface area contributed by atoms with Crippen LogP contribution in [0.3, 0.4) is 0 Å². The van der Waals surface area contributed by atoms with Gasteiger partial charge in [0.1, 0.15) is 0 Å². The Morgan fingerprint density at radius 2 is 2.31 bits per heavy atom. The number of methoxy groups -OCH3 is 1. The van der Waals surface area contributed by atoms with Crippen LogP contribution < -0.4 is 5.32 Å². The Balaban J connectivity index is 4.49. The Labute approximate surface area is 74.4 Å². The van der Waals surface area contributed by atoms with Crippen LogP contribution in [0.4, 0.5) is 8.78 Å². The smallest absolute Gasteiger partial charge is 0.339 e. The highest BCUT2D eigenvalue weighted by Gasteiger charge is 2.06. The SMILES string of the molecule is C=C=C/C(=C\NC(F)F)C(=O)OC. The largest absolute Gasteiger partial charge is 0.465 e. The zero-order valence-electron chi connectivity index (χ0n) is 7.01. The summed E-state index contributed by atoms with van der Waals surface area (Å²) in [6.45, 7) is 0.476. The quantitative estimate of drug-likeness (QED) is 0.237. The number of rotatable bonds is 4. The number of carbonyl (C=O) groups is 1. The van der Waals surface area contributed by atoms with Gasteiger partial charge < -0.3 is 10.1 Å². The maximum atomic E-state index is 11.6. The van der Waals surface area contributed by atoms with Crippen molar-refractivity contribution in [2.45, 2.75) is 6.55 Å². The van der Waals surface area contributed by atoms with Gasteiger partial charge >= 0.3 is 12.5 Å². The first kappa shape index (κ1) is 11.4. The standard InChI is InChI=1S/C8H9F2NO2/c1-3-4-6(7(12)13-2)5-11-8(9)10/h4-5,8,11H,1H2,2H3/b6-5+. The van der Waals surface area contributed by atoms with Crippen LogP contribution in [0.25, 0.3) is 0 Å². The van der Waals surface area contributed by atoms with Crippen LogP contribution >= 0.6 is 0 Å². The van der Waals surface area contributed by atoms with Gasteiger partial charge in [0.2, 0.25) is 0 Å². The molecule has 0 unspecified atom stereocenters. The lowest BCUT2D eigenvalue weighted by atomic mass is 10.3. The number of carbonyl (C=O) groups excluding carboxylic acids is 1. The number of hydrogen-bond acceptors (Lipinski definition) is 3.